The number of aromatic nitrogens is 3. The molecular weight excluding hydrogens is 370 g/mol. The molecule has 0 aliphatic rings. The Balaban J connectivity index is 1.77. The van der Waals surface area contributed by atoms with Gasteiger partial charge >= 0.3 is 0 Å². The molecule has 1 N–H and O–H groups in total. The predicted molar refractivity (Wildman–Crippen MR) is 101 cm³/mol. The Bertz CT molecular complexity index is 926. The molecular formula is C19H18F2N4OS. The lowest BCUT2D eigenvalue weighted by molar-refractivity contribution is -0.115. The van der Waals surface area contributed by atoms with Gasteiger partial charge in [0.05, 0.1) is 5.25 Å². The fourth-order valence-electron chi connectivity index (χ4n) is 2.52. The summed E-state index contributed by atoms with van der Waals surface area (Å²) in [5.41, 5.74) is 0.473. The maximum Gasteiger partial charge on any atom is 0.237 e. The van der Waals surface area contributed by atoms with E-state index in [0.29, 0.717) is 17.5 Å². The zero-order valence-corrected chi connectivity index (χ0v) is 15.6. The molecule has 1 atom stereocenters. The number of carbonyl (C=O) groups excluding carboxylic acids is 1. The van der Waals surface area contributed by atoms with Crippen LogP contribution in [0.1, 0.15) is 13.8 Å². The van der Waals surface area contributed by atoms with Crippen molar-refractivity contribution in [3.05, 3.63) is 60.2 Å². The standard InChI is InChI=1S/C19H18F2N4OS/c1-3-25-17(13-8-5-4-6-9-13)23-24-19(25)27-12(2)18(26)22-16-14(20)10-7-11-15(16)21/h4-12H,3H2,1-2H3,(H,22,26)/t12-/m1/s1. The molecule has 1 amide bonds. The second-order valence-electron chi connectivity index (χ2n) is 5.76. The first-order chi connectivity index (χ1) is 13.0. The van der Waals surface area contributed by atoms with E-state index in [-0.39, 0.29) is 0 Å². The van der Waals surface area contributed by atoms with Crippen LogP contribution in [0.15, 0.2) is 53.7 Å². The van der Waals surface area contributed by atoms with Crippen molar-refractivity contribution in [2.45, 2.75) is 30.8 Å². The van der Waals surface area contributed by atoms with E-state index in [1.54, 1.807) is 6.92 Å². The molecule has 140 valence electrons. The summed E-state index contributed by atoms with van der Waals surface area (Å²) in [6.07, 6.45) is 0. The monoisotopic (exact) mass is 388 g/mol. The highest BCUT2D eigenvalue weighted by molar-refractivity contribution is 8.00. The van der Waals surface area contributed by atoms with Gasteiger partial charge in [-0.3, -0.25) is 4.79 Å². The van der Waals surface area contributed by atoms with Crippen LogP contribution >= 0.6 is 11.8 Å². The second-order valence-corrected chi connectivity index (χ2v) is 7.07. The molecule has 0 aliphatic heterocycles. The number of benzene rings is 2. The van der Waals surface area contributed by atoms with Gasteiger partial charge in [-0.25, -0.2) is 8.78 Å². The molecule has 3 aromatic rings. The van der Waals surface area contributed by atoms with Crippen LogP contribution in [-0.4, -0.2) is 25.9 Å². The van der Waals surface area contributed by atoms with Crippen molar-refractivity contribution in [2.75, 3.05) is 5.32 Å². The van der Waals surface area contributed by atoms with E-state index in [0.717, 1.165) is 17.7 Å². The highest BCUT2D eigenvalue weighted by Gasteiger charge is 2.22. The Morgan fingerprint density at radius 3 is 2.41 bits per heavy atom. The number of halogens is 2. The third-order valence-electron chi connectivity index (χ3n) is 3.93. The van der Waals surface area contributed by atoms with Gasteiger partial charge in [0.2, 0.25) is 5.91 Å². The van der Waals surface area contributed by atoms with Crippen LogP contribution in [0.3, 0.4) is 0 Å². The fraction of sp³-hybridized carbons (Fsp3) is 0.211. The summed E-state index contributed by atoms with van der Waals surface area (Å²) in [7, 11) is 0. The molecule has 0 saturated heterocycles. The van der Waals surface area contributed by atoms with E-state index >= 15 is 0 Å². The lowest BCUT2D eigenvalue weighted by Gasteiger charge is -2.13. The first-order valence-electron chi connectivity index (χ1n) is 8.41. The van der Waals surface area contributed by atoms with Crippen LogP contribution < -0.4 is 5.32 Å². The number of rotatable bonds is 6. The molecule has 1 aromatic heterocycles. The summed E-state index contributed by atoms with van der Waals surface area (Å²) < 4.78 is 29.3. The Morgan fingerprint density at radius 2 is 1.78 bits per heavy atom. The number of nitrogens with zero attached hydrogens (tertiary/aromatic N) is 3. The van der Waals surface area contributed by atoms with Crippen LogP contribution in [0.25, 0.3) is 11.4 Å². The van der Waals surface area contributed by atoms with Gasteiger partial charge in [0, 0.05) is 12.1 Å². The van der Waals surface area contributed by atoms with Crippen molar-refractivity contribution < 1.29 is 13.6 Å². The average molecular weight is 388 g/mol. The molecule has 0 spiro atoms. The SMILES string of the molecule is CCn1c(S[C@H](C)C(=O)Nc2c(F)cccc2F)nnc1-c1ccccc1. The van der Waals surface area contributed by atoms with Crippen molar-refractivity contribution in [1.82, 2.24) is 14.8 Å². The van der Waals surface area contributed by atoms with Crippen LogP contribution in [0.2, 0.25) is 0 Å². The fourth-order valence-corrected chi connectivity index (χ4v) is 3.43. The van der Waals surface area contributed by atoms with Crippen LogP contribution in [0.5, 0.6) is 0 Å². The normalized spacial score (nSPS) is 12.0. The first-order valence-corrected chi connectivity index (χ1v) is 9.29. The number of hydrogen-bond donors (Lipinski definition) is 1. The van der Waals surface area contributed by atoms with Crippen molar-refractivity contribution in [3.8, 4) is 11.4 Å². The number of amides is 1. The highest BCUT2D eigenvalue weighted by atomic mass is 32.2. The number of thioether (sulfide) groups is 1. The maximum absolute atomic E-state index is 13.7. The maximum atomic E-state index is 13.7. The average Bonchev–Trinajstić information content (AvgIpc) is 3.07. The molecule has 3 rings (SSSR count). The smallest absolute Gasteiger partial charge is 0.237 e. The Morgan fingerprint density at radius 1 is 1.11 bits per heavy atom. The number of carbonyl (C=O) groups is 1. The van der Waals surface area contributed by atoms with E-state index in [2.05, 4.69) is 15.5 Å². The zero-order chi connectivity index (χ0) is 19.4. The van der Waals surface area contributed by atoms with Crippen LogP contribution in [0.4, 0.5) is 14.5 Å². The van der Waals surface area contributed by atoms with E-state index in [9.17, 15) is 13.6 Å². The summed E-state index contributed by atoms with van der Waals surface area (Å²) >= 11 is 1.18. The summed E-state index contributed by atoms with van der Waals surface area (Å²) in [6, 6.07) is 13.0. The van der Waals surface area contributed by atoms with Crippen LogP contribution in [0, 0.1) is 11.6 Å². The van der Waals surface area contributed by atoms with Crippen molar-refractivity contribution in [1.29, 1.82) is 0 Å². The molecule has 0 aliphatic carbocycles. The molecule has 27 heavy (non-hydrogen) atoms. The lowest BCUT2D eigenvalue weighted by atomic mass is 10.2. The van der Waals surface area contributed by atoms with Gasteiger partial charge < -0.3 is 9.88 Å². The van der Waals surface area contributed by atoms with E-state index in [1.807, 2.05) is 41.8 Å². The highest BCUT2D eigenvalue weighted by Crippen LogP contribution is 2.28. The van der Waals surface area contributed by atoms with Gasteiger partial charge in [-0.05, 0) is 26.0 Å². The number of para-hydroxylation sites is 1. The Labute approximate surface area is 159 Å². The first kappa shape index (κ1) is 19.0. The number of nitrogens with one attached hydrogen (secondary N) is 1. The molecule has 0 unspecified atom stereocenters. The molecule has 1 heterocycles. The quantitative estimate of drug-likeness (QED) is 0.638. The van der Waals surface area contributed by atoms with Crippen molar-refractivity contribution in [3.63, 3.8) is 0 Å². The topological polar surface area (TPSA) is 59.8 Å². The lowest BCUT2D eigenvalue weighted by Crippen LogP contribution is -2.24. The third-order valence-corrected chi connectivity index (χ3v) is 5.01. The second kappa shape index (κ2) is 8.30. The van der Waals surface area contributed by atoms with E-state index in [1.165, 1.54) is 17.8 Å². The van der Waals surface area contributed by atoms with Gasteiger partial charge in [-0.1, -0.05) is 48.2 Å². The van der Waals surface area contributed by atoms with Gasteiger partial charge in [-0.15, -0.1) is 10.2 Å². The van der Waals surface area contributed by atoms with E-state index in [4.69, 9.17) is 0 Å². The minimum Gasteiger partial charge on any atom is -0.320 e. The van der Waals surface area contributed by atoms with E-state index < -0.39 is 28.5 Å². The Hall–Kier alpha value is -2.74. The Kier molecular flexibility index (Phi) is 5.85. The molecule has 8 heteroatoms. The summed E-state index contributed by atoms with van der Waals surface area (Å²) in [5.74, 6) is -1.45. The van der Waals surface area contributed by atoms with Crippen molar-refractivity contribution >= 4 is 23.4 Å². The number of anilines is 1. The molecule has 2 aromatic carbocycles. The van der Waals surface area contributed by atoms with Gasteiger partial charge in [0.25, 0.3) is 0 Å². The molecule has 0 bridgehead atoms. The predicted octanol–water partition coefficient (Wildman–Crippen LogP) is 4.36. The molecule has 5 nitrogen and oxygen atoms in total. The summed E-state index contributed by atoms with van der Waals surface area (Å²) in [5, 5.41) is 10.6. The molecule has 0 radical (unpaired) electrons. The van der Waals surface area contributed by atoms with Crippen molar-refractivity contribution in [2.24, 2.45) is 0 Å². The summed E-state index contributed by atoms with van der Waals surface area (Å²) in [6.45, 7) is 4.23. The molecule has 0 saturated carbocycles. The zero-order valence-electron chi connectivity index (χ0n) is 14.8. The van der Waals surface area contributed by atoms with Gasteiger partial charge in [0.15, 0.2) is 11.0 Å². The number of hydrogen-bond acceptors (Lipinski definition) is 4. The summed E-state index contributed by atoms with van der Waals surface area (Å²) in [4.78, 5) is 12.4. The van der Waals surface area contributed by atoms with Gasteiger partial charge in [-0.2, -0.15) is 0 Å². The third kappa shape index (κ3) is 4.16. The molecule has 0 fully saturated rings. The largest absolute Gasteiger partial charge is 0.320 e. The van der Waals surface area contributed by atoms with Gasteiger partial charge in [0.1, 0.15) is 17.3 Å². The van der Waals surface area contributed by atoms with Crippen LogP contribution in [-0.2, 0) is 11.3 Å². The minimum atomic E-state index is -0.816. The minimum absolute atomic E-state index is 0.447.